The highest BCUT2D eigenvalue weighted by Crippen LogP contribution is 2.38. The van der Waals surface area contributed by atoms with Gasteiger partial charge in [0, 0.05) is 15.8 Å². The molecule has 0 amide bonds. The lowest BCUT2D eigenvalue weighted by Crippen LogP contribution is -2.03. The largest absolute Gasteiger partial charge is 0.457 e. The predicted molar refractivity (Wildman–Crippen MR) is 127 cm³/mol. The van der Waals surface area contributed by atoms with Gasteiger partial charge in [-0.3, -0.25) is 4.79 Å². The van der Waals surface area contributed by atoms with Crippen LogP contribution in [0.3, 0.4) is 0 Å². The Hall–Kier alpha value is -2.70. The molecule has 2 aromatic heterocycles. The van der Waals surface area contributed by atoms with Crippen molar-refractivity contribution in [1.82, 2.24) is 9.97 Å². The lowest BCUT2D eigenvalue weighted by Gasteiger charge is -2.07. The summed E-state index contributed by atoms with van der Waals surface area (Å²) in [5, 5.41) is 2.11. The third-order valence-corrected chi connectivity index (χ3v) is 7.65. The number of aromatic nitrogens is 2. The number of rotatable bonds is 6. The maximum absolute atomic E-state index is 12.8. The summed E-state index contributed by atoms with van der Waals surface area (Å²) in [7, 11) is 0. The highest BCUT2D eigenvalue weighted by atomic mass is 32.2. The minimum atomic E-state index is 0.0874. The third-order valence-electron chi connectivity index (χ3n) is 5.46. The van der Waals surface area contributed by atoms with E-state index in [1.807, 2.05) is 54.6 Å². The van der Waals surface area contributed by atoms with Crippen molar-refractivity contribution >= 4 is 39.1 Å². The number of carbonyl (C=O) groups excluding carboxylic acids is 1. The van der Waals surface area contributed by atoms with Crippen LogP contribution < -0.4 is 4.74 Å². The molecule has 2 aromatic carbocycles. The second-order valence-electron chi connectivity index (χ2n) is 7.57. The number of hydrogen-bond donors (Lipinski definition) is 0. The molecule has 0 saturated carbocycles. The van der Waals surface area contributed by atoms with E-state index < -0.39 is 0 Å². The molecule has 4 aromatic rings. The van der Waals surface area contributed by atoms with Gasteiger partial charge in [-0.05, 0) is 67.6 Å². The van der Waals surface area contributed by atoms with Gasteiger partial charge in [0.05, 0.1) is 5.75 Å². The smallest absolute Gasteiger partial charge is 0.173 e. The maximum atomic E-state index is 12.8. The highest BCUT2D eigenvalue weighted by Gasteiger charge is 2.20. The second kappa shape index (κ2) is 9.20. The van der Waals surface area contributed by atoms with Gasteiger partial charge in [-0.15, -0.1) is 11.3 Å². The molecule has 0 radical (unpaired) electrons. The lowest BCUT2D eigenvalue weighted by atomic mass is 10.1. The molecule has 2 heterocycles. The summed E-state index contributed by atoms with van der Waals surface area (Å²) in [5.41, 5.74) is 2.10. The quantitative estimate of drug-likeness (QED) is 0.142. The third kappa shape index (κ3) is 4.50. The number of aryl methyl sites for hydroxylation is 2. The molecule has 0 unspecified atom stereocenters. The summed E-state index contributed by atoms with van der Waals surface area (Å²) in [6.45, 7) is 0. The zero-order valence-corrected chi connectivity index (χ0v) is 18.7. The van der Waals surface area contributed by atoms with Crippen LogP contribution >= 0.6 is 23.1 Å². The van der Waals surface area contributed by atoms with Gasteiger partial charge in [-0.1, -0.05) is 36.4 Å². The molecule has 31 heavy (non-hydrogen) atoms. The number of fused-ring (bicyclic) bond motifs is 3. The first-order chi connectivity index (χ1) is 15.3. The van der Waals surface area contributed by atoms with Crippen molar-refractivity contribution in [3.05, 3.63) is 76.9 Å². The number of thioether (sulfide) groups is 1. The van der Waals surface area contributed by atoms with Gasteiger partial charge in [0.2, 0.25) is 0 Å². The Morgan fingerprint density at radius 2 is 1.71 bits per heavy atom. The number of Topliss-reactive ketones (excluding diaryl/α,β-unsaturated/α-hetero) is 1. The number of nitrogens with zero attached hydrogens (tertiary/aromatic N) is 2. The Morgan fingerprint density at radius 1 is 0.935 bits per heavy atom. The van der Waals surface area contributed by atoms with Crippen molar-refractivity contribution in [2.24, 2.45) is 0 Å². The summed E-state index contributed by atoms with van der Waals surface area (Å²) in [5.74, 6) is 1.94. The van der Waals surface area contributed by atoms with Crippen molar-refractivity contribution in [2.75, 3.05) is 5.75 Å². The molecule has 6 heteroatoms. The van der Waals surface area contributed by atoms with Crippen molar-refractivity contribution in [2.45, 2.75) is 37.1 Å². The van der Waals surface area contributed by atoms with E-state index in [0.717, 1.165) is 28.4 Å². The fourth-order valence-corrected chi connectivity index (χ4v) is 6.11. The van der Waals surface area contributed by atoms with E-state index in [9.17, 15) is 4.79 Å². The zero-order valence-electron chi connectivity index (χ0n) is 17.0. The van der Waals surface area contributed by atoms with Crippen molar-refractivity contribution in [3.63, 3.8) is 0 Å². The zero-order chi connectivity index (χ0) is 21.0. The highest BCUT2D eigenvalue weighted by molar-refractivity contribution is 8.00. The fraction of sp³-hybridized carbons (Fsp3) is 0.240. The van der Waals surface area contributed by atoms with Gasteiger partial charge >= 0.3 is 0 Å². The van der Waals surface area contributed by atoms with Crippen LogP contribution in [0.5, 0.6) is 11.5 Å². The van der Waals surface area contributed by atoms with Crippen LogP contribution in [0.25, 0.3) is 10.2 Å². The van der Waals surface area contributed by atoms with Crippen LogP contribution in [-0.2, 0) is 12.8 Å². The first kappa shape index (κ1) is 20.2. The number of hydrogen-bond acceptors (Lipinski definition) is 6. The molecule has 0 N–H and O–H groups in total. The van der Waals surface area contributed by atoms with Gasteiger partial charge in [0.15, 0.2) is 5.78 Å². The number of carbonyl (C=O) groups is 1. The Labute approximate surface area is 189 Å². The van der Waals surface area contributed by atoms with Gasteiger partial charge in [-0.25, -0.2) is 9.97 Å². The number of para-hydroxylation sites is 1. The molecule has 0 fully saturated rings. The van der Waals surface area contributed by atoms with Crippen molar-refractivity contribution in [3.8, 4) is 11.5 Å². The number of thiophene rings is 1. The molecular formula is C25H22N2O2S2. The van der Waals surface area contributed by atoms with E-state index >= 15 is 0 Å². The van der Waals surface area contributed by atoms with E-state index in [1.54, 1.807) is 17.7 Å². The molecular weight excluding hydrogens is 424 g/mol. The fourth-order valence-electron chi connectivity index (χ4n) is 3.90. The van der Waals surface area contributed by atoms with E-state index in [0.29, 0.717) is 17.1 Å². The van der Waals surface area contributed by atoms with Crippen LogP contribution in [0.1, 0.15) is 40.1 Å². The Kier molecular flexibility index (Phi) is 6.00. The second-order valence-corrected chi connectivity index (χ2v) is 9.62. The molecule has 5 rings (SSSR count). The molecule has 156 valence electrons. The van der Waals surface area contributed by atoms with E-state index in [4.69, 9.17) is 4.74 Å². The summed E-state index contributed by atoms with van der Waals surface area (Å²) < 4.78 is 5.81. The van der Waals surface area contributed by atoms with E-state index in [1.165, 1.54) is 46.9 Å². The average Bonchev–Trinajstić information content (AvgIpc) is 3.00. The van der Waals surface area contributed by atoms with Crippen molar-refractivity contribution < 1.29 is 9.53 Å². The molecule has 1 aliphatic carbocycles. The normalized spacial score (nSPS) is 13.5. The van der Waals surface area contributed by atoms with Gasteiger partial charge in [-0.2, -0.15) is 0 Å². The Bertz CT molecular complexity index is 1200. The molecule has 4 nitrogen and oxygen atoms in total. The SMILES string of the molecule is O=C(CSc1ncnc2sc3c(c12)CCCCC3)c1ccc(Oc2ccccc2)cc1. The van der Waals surface area contributed by atoms with Gasteiger partial charge < -0.3 is 4.74 Å². The number of ether oxygens (including phenoxy) is 1. The first-order valence-corrected chi connectivity index (χ1v) is 12.3. The van der Waals surface area contributed by atoms with Gasteiger partial charge in [0.25, 0.3) is 0 Å². The van der Waals surface area contributed by atoms with Gasteiger partial charge in [0.1, 0.15) is 27.7 Å². The molecule has 0 atom stereocenters. The van der Waals surface area contributed by atoms with Crippen LogP contribution in [0, 0.1) is 0 Å². The molecule has 1 aliphatic rings. The van der Waals surface area contributed by atoms with E-state index in [2.05, 4.69) is 9.97 Å². The standard InChI is InChI=1S/C25H22N2O2S2/c28-21(17-11-13-19(14-12-17)29-18-7-3-1-4-8-18)15-30-24-23-20-9-5-2-6-10-22(20)31-25(23)27-16-26-24/h1,3-4,7-8,11-14,16H,2,5-6,9-10,15H2. The molecule has 0 saturated heterocycles. The van der Waals surface area contributed by atoms with Crippen LogP contribution in [0.2, 0.25) is 0 Å². The molecule has 0 aliphatic heterocycles. The lowest BCUT2D eigenvalue weighted by molar-refractivity contribution is 0.102. The van der Waals surface area contributed by atoms with Crippen molar-refractivity contribution in [1.29, 1.82) is 0 Å². The van der Waals surface area contributed by atoms with E-state index in [-0.39, 0.29) is 5.78 Å². The number of ketones is 1. The number of benzene rings is 2. The summed E-state index contributed by atoms with van der Waals surface area (Å²) in [4.78, 5) is 24.3. The molecule has 0 bridgehead atoms. The Morgan fingerprint density at radius 3 is 2.55 bits per heavy atom. The van der Waals surface area contributed by atoms with Crippen LogP contribution in [-0.4, -0.2) is 21.5 Å². The summed E-state index contributed by atoms with van der Waals surface area (Å²) in [6, 6.07) is 17.0. The average molecular weight is 447 g/mol. The maximum Gasteiger partial charge on any atom is 0.173 e. The van der Waals surface area contributed by atoms with Crippen LogP contribution in [0.15, 0.2) is 66.0 Å². The molecule has 0 spiro atoms. The topological polar surface area (TPSA) is 52.1 Å². The summed E-state index contributed by atoms with van der Waals surface area (Å²) in [6.07, 6.45) is 7.60. The monoisotopic (exact) mass is 446 g/mol. The minimum Gasteiger partial charge on any atom is -0.457 e. The minimum absolute atomic E-state index is 0.0874. The first-order valence-electron chi connectivity index (χ1n) is 10.5. The predicted octanol–water partition coefficient (Wildman–Crippen LogP) is 6.73. The Balaban J connectivity index is 1.29. The summed E-state index contributed by atoms with van der Waals surface area (Å²) >= 11 is 3.32. The van der Waals surface area contributed by atoms with Crippen LogP contribution in [0.4, 0.5) is 0 Å².